The number of carbonyl (C=O) groups is 2. The van der Waals surface area contributed by atoms with Gasteiger partial charge in [0.25, 0.3) is 0 Å². The van der Waals surface area contributed by atoms with Crippen molar-refractivity contribution in [3.05, 3.63) is 0 Å². The van der Waals surface area contributed by atoms with E-state index in [1.165, 1.54) is 4.90 Å². The van der Waals surface area contributed by atoms with Crippen LogP contribution in [0.5, 0.6) is 0 Å². The van der Waals surface area contributed by atoms with Gasteiger partial charge in [0.2, 0.25) is 0 Å². The Hall–Kier alpha value is -1.21. The molecule has 0 saturated carbocycles. The van der Waals surface area contributed by atoms with Crippen LogP contribution in [-0.4, -0.2) is 52.5 Å². The maximum Gasteiger partial charge on any atom is 0.312 e. The standard InChI is InChI=1S/C10H17N3O3S/c1-6-2-3-13(7(6)5-14)10(16)9(15)12-4-8(11)17/h6-7,14H,2-5H2,1H3,(H2,11,17)(H,12,15). The molecule has 4 N–H and O–H groups in total. The number of aliphatic hydroxyl groups is 1. The Kier molecular flexibility index (Phi) is 4.83. The smallest absolute Gasteiger partial charge is 0.312 e. The number of amides is 2. The van der Waals surface area contributed by atoms with Crippen LogP contribution in [0.4, 0.5) is 0 Å². The summed E-state index contributed by atoms with van der Waals surface area (Å²) in [5.74, 6) is -1.16. The van der Waals surface area contributed by atoms with E-state index in [1.54, 1.807) is 0 Å². The summed E-state index contributed by atoms with van der Waals surface area (Å²) in [6.45, 7) is 2.31. The van der Waals surface area contributed by atoms with E-state index in [4.69, 9.17) is 5.73 Å². The van der Waals surface area contributed by atoms with Crippen LogP contribution in [0.3, 0.4) is 0 Å². The molecule has 1 fully saturated rings. The van der Waals surface area contributed by atoms with E-state index in [2.05, 4.69) is 17.5 Å². The van der Waals surface area contributed by atoms with Crippen molar-refractivity contribution in [2.24, 2.45) is 11.7 Å². The molecule has 0 bridgehead atoms. The van der Waals surface area contributed by atoms with E-state index in [0.717, 1.165) is 6.42 Å². The van der Waals surface area contributed by atoms with Crippen molar-refractivity contribution in [3.8, 4) is 0 Å². The van der Waals surface area contributed by atoms with Crippen LogP contribution < -0.4 is 11.1 Å². The van der Waals surface area contributed by atoms with Crippen molar-refractivity contribution in [2.75, 3.05) is 19.7 Å². The SMILES string of the molecule is CC1CCN(C(=O)C(=O)NCC(N)=S)C1CO. The van der Waals surface area contributed by atoms with E-state index < -0.39 is 11.8 Å². The van der Waals surface area contributed by atoms with Crippen LogP contribution in [0, 0.1) is 5.92 Å². The monoisotopic (exact) mass is 259 g/mol. The molecule has 0 aromatic carbocycles. The van der Waals surface area contributed by atoms with E-state index in [-0.39, 0.29) is 30.1 Å². The summed E-state index contributed by atoms with van der Waals surface area (Å²) in [5.41, 5.74) is 5.22. The van der Waals surface area contributed by atoms with Gasteiger partial charge in [0, 0.05) is 6.54 Å². The van der Waals surface area contributed by atoms with Crippen molar-refractivity contribution in [1.82, 2.24) is 10.2 Å². The normalized spacial score (nSPS) is 23.5. The van der Waals surface area contributed by atoms with Crippen LogP contribution >= 0.6 is 12.2 Å². The predicted molar refractivity (Wildman–Crippen MR) is 66.2 cm³/mol. The van der Waals surface area contributed by atoms with Crippen molar-refractivity contribution in [1.29, 1.82) is 0 Å². The number of hydrogen-bond acceptors (Lipinski definition) is 4. The number of nitrogens with one attached hydrogen (secondary N) is 1. The number of nitrogens with zero attached hydrogens (tertiary/aromatic N) is 1. The number of thiocarbonyl (C=S) groups is 1. The van der Waals surface area contributed by atoms with Crippen LogP contribution in [0.2, 0.25) is 0 Å². The fraction of sp³-hybridized carbons (Fsp3) is 0.700. The zero-order valence-electron chi connectivity index (χ0n) is 9.68. The van der Waals surface area contributed by atoms with Gasteiger partial charge in [-0.1, -0.05) is 19.1 Å². The molecule has 0 radical (unpaired) electrons. The Morgan fingerprint density at radius 3 is 2.76 bits per heavy atom. The highest BCUT2D eigenvalue weighted by Crippen LogP contribution is 2.23. The molecule has 7 heteroatoms. The quantitative estimate of drug-likeness (QED) is 0.429. The third kappa shape index (κ3) is 3.37. The van der Waals surface area contributed by atoms with E-state index in [9.17, 15) is 14.7 Å². The molecule has 2 unspecified atom stereocenters. The van der Waals surface area contributed by atoms with Gasteiger partial charge in [-0.3, -0.25) is 9.59 Å². The molecule has 1 aliphatic heterocycles. The number of carbonyl (C=O) groups excluding carboxylic acids is 2. The van der Waals surface area contributed by atoms with Crippen molar-refractivity contribution >= 4 is 29.0 Å². The van der Waals surface area contributed by atoms with Gasteiger partial charge in [-0.2, -0.15) is 0 Å². The Morgan fingerprint density at radius 2 is 2.24 bits per heavy atom. The third-order valence-electron chi connectivity index (χ3n) is 2.95. The number of likely N-dealkylation sites (tertiary alicyclic amines) is 1. The minimum Gasteiger partial charge on any atom is -0.394 e. The number of aliphatic hydroxyl groups excluding tert-OH is 1. The van der Waals surface area contributed by atoms with Gasteiger partial charge in [-0.25, -0.2) is 0 Å². The van der Waals surface area contributed by atoms with Gasteiger partial charge < -0.3 is 21.1 Å². The first kappa shape index (κ1) is 13.9. The summed E-state index contributed by atoms with van der Waals surface area (Å²) in [4.78, 5) is 24.8. The number of hydrogen-bond donors (Lipinski definition) is 3. The van der Waals surface area contributed by atoms with Gasteiger partial charge in [0.15, 0.2) is 0 Å². The second kappa shape index (κ2) is 5.92. The van der Waals surface area contributed by atoms with Gasteiger partial charge in [-0.15, -0.1) is 0 Å². The topological polar surface area (TPSA) is 95.7 Å². The van der Waals surface area contributed by atoms with Crippen molar-refractivity contribution in [3.63, 3.8) is 0 Å². The Morgan fingerprint density at radius 1 is 1.59 bits per heavy atom. The molecule has 2 amide bonds. The Balaban J connectivity index is 2.57. The van der Waals surface area contributed by atoms with Crippen LogP contribution in [-0.2, 0) is 9.59 Å². The summed E-state index contributed by atoms with van der Waals surface area (Å²) >= 11 is 4.60. The predicted octanol–water partition coefficient (Wildman–Crippen LogP) is -1.38. The molecular formula is C10H17N3O3S. The molecule has 1 heterocycles. The first-order valence-electron chi connectivity index (χ1n) is 5.45. The zero-order chi connectivity index (χ0) is 13.0. The second-order valence-corrected chi connectivity index (χ2v) is 4.69. The van der Waals surface area contributed by atoms with Gasteiger partial charge >= 0.3 is 11.8 Å². The maximum atomic E-state index is 11.8. The molecule has 96 valence electrons. The minimum absolute atomic E-state index is 0.00704. The molecule has 0 spiro atoms. The number of rotatable bonds is 3. The van der Waals surface area contributed by atoms with Crippen molar-refractivity contribution in [2.45, 2.75) is 19.4 Å². The summed E-state index contributed by atoms with van der Waals surface area (Å²) in [6, 6.07) is -0.280. The molecule has 2 atom stereocenters. The molecule has 1 rings (SSSR count). The molecule has 1 aliphatic rings. The zero-order valence-corrected chi connectivity index (χ0v) is 10.5. The average molecular weight is 259 g/mol. The van der Waals surface area contributed by atoms with Gasteiger partial charge in [0.1, 0.15) is 0 Å². The Labute approximate surface area is 105 Å². The van der Waals surface area contributed by atoms with Crippen LogP contribution in [0.1, 0.15) is 13.3 Å². The molecule has 0 aromatic rings. The van der Waals surface area contributed by atoms with E-state index in [0.29, 0.717) is 6.54 Å². The highest BCUT2D eigenvalue weighted by molar-refractivity contribution is 7.80. The molecule has 6 nitrogen and oxygen atoms in total. The lowest BCUT2D eigenvalue weighted by Crippen LogP contribution is -2.48. The minimum atomic E-state index is -0.731. The highest BCUT2D eigenvalue weighted by Gasteiger charge is 2.36. The van der Waals surface area contributed by atoms with Gasteiger partial charge in [0.05, 0.1) is 24.2 Å². The third-order valence-corrected chi connectivity index (χ3v) is 3.09. The fourth-order valence-corrected chi connectivity index (χ4v) is 1.98. The summed E-state index contributed by atoms with van der Waals surface area (Å²) in [7, 11) is 0. The second-order valence-electron chi connectivity index (χ2n) is 4.16. The summed E-state index contributed by atoms with van der Waals surface area (Å²) < 4.78 is 0. The lowest BCUT2D eigenvalue weighted by atomic mass is 10.0. The molecule has 17 heavy (non-hydrogen) atoms. The lowest BCUT2D eigenvalue weighted by molar-refractivity contribution is -0.146. The van der Waals surface area contributed by atoms with Crippen molar-refractivity contribution < 1.29 is 14.7 Å². The molecular weight excluding hydrogens is 242 g/mol. The summed E-state index contributed by atoms with van der Waals surface area (Å²) in [6.07, 6.45) is 0.791. The van der Waals surface area contributed by atoms with Crippen LogP contribution in [0.15, 0.2) is 0 Å². The first-order chi connectivity index (χ1) is 7.97. The van der Waals surface area contributed by atoms with E-state index >= 15 is 0 Å². The Bertz CT molecular complexity index is 335. The number of nitrogens with two attached hydrogens (primary N) is 1. The first-order valence-corrected chi connectivity index (χ1v) is 5.86. The molecule has 0 aliphatic carbocycles. The van der Waals surface area contributed by atoms with Gasteiger partial charge in [-0.05, 0) is 12.3 Å². The van der Waals surface area contributed by atoms with Crippen LogP contribution in [0.25, 0.3) is 0 Å². The highest BCUT2D eigenvalue weighted by atomic mass is 32.1. The fourth-order valence-electron chi connectivity index (χ4n) is 1.91. The van der Waals surface area contributed by atoms with E-state index in [1.807, 2.05) is 6.92 Å². The largest absolute Gasteiger partial charge is 0.394 e. The maximum absolute atomic E-state index is 11.8. The lowest BCUT2D eigenvalue weighted by Gasteiger charge is -2.24. The summed E-state index contributed by atoms with van der Waals surface area (Å²) in [5, 5.41) is 11.5. The average Bonchev–Trinajstić information content (AvgIpc) is 2.66. The molecule has 0 aromatic heterocycles. The molecule has 1 saturated heterocycles.